The largest absolute Gasteiger partial charge is 0.460 e. The molecule has 0 radical (unpaired) electrons. The van der Waals surface area contributed by atoms with Crippen molar-refractivity contribution >= 4 is 23.7 Å². The van der Waals surface area contributed by atoms with E-state index < -0.39 is 43.0 Å². The quantitative estimate of drug-likeness (QED) is 0.392. The van der Waals surface area contributed by atoms with Gasteiger partial charge in [-0.1, -0.05) is 25.1 Å². The normalized spacial score (nSPS) is 11.5. The van der Waals surface area contributed by atoms with Crippen LogP contribution in [0.15, 0.2) is 24.3 Å². The molecule has 1 rings (SSSR count). The predicted octanol–water partition coefficient (Wildman–Crippen LogP) is 0.249. The molecule has 0 aliphatic carbocycles. The minimum atomic E-state index is -1.13. The smallest absolute Gasteiger partial charge is 0.346 e. The van der Waals surface area contributed by atoms with Gasteiger partial charge in [-0.2, -0.15) is 0 Å². The molecule has 1 atom stereocenters. The van der Waals surface area contributed by atoms with E-state index >= 15 is 0 Å². The summed E-state index contributed by atoms with van der Waals surface area (Å²) in [6.07, 6.45) is -0.603. The molecule has 0 aromatic heterocycles. The molecular formula is C16H18O8. The first-order valence-electron chi connectivity index (χ1n) is 7.21. The van der Waals surface area contributed by atoms with Crippen LogP contribution in [0, 0.1) is 0 Å². The van der Waals surface area contributed by atoms with Crippen LogP contribution in [-0.4, -0.2) is 53.2 Å². The third-order valence-electron chi connectivity index (χ3n) is 3.08. The molecule has 24 heavy (non-hydrogen) atoms. The molecule has 0 amide bonds. The Bertz CT molecular complexity index is 622. The number of Topliss-reactive ketones (excluding diaryl/α,β-unsaturated/α-hetero) is 1. The van der Waals surface area contributed by atoms with Crippen molar-refractivity contribution in [1.29, 1.82) is 0 Å². The average Bonchev–Trinajstić information content (AvgIpc) is 2.60. The van der Waals surface area contributed by atoms with Gasteiger partial charge < -0.3 is 19.7 Å². The van der Waals surface area contributed by atoms with Gasteiger partial charge in [0.15, 0.2) is 5.78 Å². The second-order valence-electron chi connectivity index (χ2n) is 4.77. The van der Waals surface area contributed by atoms with Gasteiger partial charge in [-0.25, -0.2) is 14.4 Å². The van der Waals surface area contributed by atoms with Gasteiger partial charge in [0.1, 0.15) is 19.3 Å². The van der Waals surface area contributed by atoms with Crippen molar-refractivity contribution in [3.8, 4) is 0 Å². The van der Waals surface area contributed by atoms with Gasteiger partial charge in [0, 0.05) is 12.0 Å². The molecule has 0 heterocycles. The van der Waals surface area contributed by atoms with E-state index in [9.17, 15) is 19.2 Å². The maximum Gasteiger partial charge on any atom is 0.346 e. The SMILES string of the molecule is CCC(CC(=O)c1ccccc1C(=O)OC(=O)CO)OC(=O)CO. The lowest BCUT2D eigenvalue weighted by atomic mass is 9.99. The first-order chi connectivity index (χ1) is 11.4. The van der Waals surface area contributed by atoms with Crippen LogP contribution in [0.5, 0.6) is 0 Å². The summed E-state index contributed by atoms with van der Waals surface area (Å²) in [5, 5.41) is 17.3. The van der Waals surface area contributed by atoms with Gasteiger partial charge in [-0.3, -0.25) is 4.79 Å². The summed E-state index contributed by atoms with van der Waals surface area (Å²) in [6.45, 7) is -0.0591. The number of ether oxygens (including phenoxy) is 2. The molecule has 0 bridgehead atoms. The zero-order valence-electron chi connectivity index (χ0n) is 13.1. The maximum atomic E-state index is 12.4. The number of rotatable bonds is 8. The molecule has 0 aliphatic rings. The Kier molecular flexibility index (Phi) is 7.73. The van der Waals surface area contributed by atoms with E-state index in [1.54, 1.807) is 6.92 Å². The lowest BCUT2D eigenvalue weighted by molar-refractivity contribution is -0.152. The van der Waals surface area contributed by atoms with Crippen LogP contribution in [0.4, 0.5) is 0 Å². The highest BCUT2D eigenvalue weighted by Gasteiger charge is 2.23. The van der Waals surface area contributed by atoms with Crippen molar-refractivity contribution in [1.82, 2.24) is 0 Å². The molecule has 0 spiro atoms. The summed E-state index contributed by atoms with van der Waals surface area (Å²) >= 11 is 0. The standard InChI is InChI=1S/C16H18O8/c1-2-10(23-14(20)8-17)7-13(19)11-5-3-4-6-12(11)16(22)24-15(21)9-18/h3-6,10,17-18H,2,7-9H2,1H3. The number of hydrogen-bond acceptors (Lipinski definition) is 8. The van der Waals surface area contributed by atoms with Crippen LogP contribution in [0.25, 0.3) is 0 Å². The van der Waals surface area contributed by atoms with Gasteiger partial charge in [0.05, 0.1) is 5.56 Å². The first-order valence-corrected chi connectivity index (χ1v) is 7.21. The summed E-state index contributed by atoms with van der Waals surface area (Å²) in [4.78, 5) is 46.4. The van der Waals surface area contributed by atoms with Crippen molar-refractivity contribution in [2.24, 2.45) is 0 Å². The monoisotopic (exact) mass is 338 g/mol. The van der Waals surface area contributed by atoms with Crippen molar-refractivity contribution < 1.29 is 38.9 Å². The van der Waals surface area contributed by atoms with Gasteiger partial charge in [-0.15, -0.1) is 0 Å². The molecule has 0 aliphatic heterocycles. The second-order valence-corrected chi connectivity index (χ2v) is 4.77. The van der Waals surface area contributed by atoms with Gasteiger partial charge in [0.2, 0.25) is 0 Å². The minimum absolute atomic E-state index is 0.00624. The van der Waals surface area contributed by atoms with Crippen LogP contribution in [0.2, 0.25) is 0 Å². The molecule has 8 nitrogen and oxygen atoms in total. The number of esters is 3. The fraction of sp³-hybridized carbons (Fsp3) is 0.375. The van der Waals surface area contributed by atoms with Crippen molar-refractivity contribution in [3.05, 3.63) is 35.4 Å². The van der Waals surface area contributed by atoms with Crippen LogP contribution in [0.3, 0.4) is 0 Å². The Morgan fingerprint density at radius 3 is 2.12 bits per heavy atom. The molecule has 1 aromatic rings. The van der Waals surface area contributed by atoms with Gasteiger partial charge in [-0.05, 0) is 12.5 Å². The average molecular weight is 338 g/mol. The summed E-state index contributed by atoms with van der Waals surface area (Å²) in [6, 6.07) is 5.70. The third kappa shape index (κ3) is 5.56. The fourth-order valence-electron chi connectivity index (χ4n) is 1.90. The Hall–Kier alpha value is -2.58. The Morgan fingerprint density at radius 2 is 1.58 bits per heavy atom. The van der Waals surface area contributed by atoms with Crippen LogP contribution < -0.4 is 0 Å². The van der Waals surface area contributed by atoms with Crippen molar-refractivity contribution in [2.75, 3.05) is 13.2 Å². The number of carbonyl (C=O) groups excluding carboxylic acids is 4. The highest BCUT2D eigenvalue weighted by molar-refractivity contribution is 6.08. The minimum Gasteiger partial charge on any atom is -0.460 e. The predicted molar refractivity (Wildman–Crippen MR) is 80.2 cm³/mol. The number of benzene rings is 1. The summed E-state index contributed by atoms with van der Waals surface area (Å²) in [5.74, 6) is -3.53. The van der Waals surface area contributed by atoms with E-state index in [1.807, 2.05) is 0 Å². The summed E-state index contributed by atoms with van der Waals surface area (Å²) < 4.78 is 9.30. The second kappa shape index (κ2) is 9.53. The Balaban J connectivity index is 2.92. The fourth-order valence-corrected chi connectivity index (χ4v) is 1.90. The number of hydrogen-bond donors (Lipinski definition) is 2. The Labute approximate surface area is 138 Å². The molecule has 0 fully saturated rings. The van der Waals surface area contributed by atoms with Crippen LogP contribution >= 0.6 is 0 Å². The lowest BCUT2D eigenvalue weighted by Gasteiger charge is -2.15. The first kappa shape index (κ1) is 19.5. The number of carbonyl (C=O) groups is 4. The molecule has 0 saturated carbocycles. The van der Waals surface area contributed by atoms with Gasteiger partial charge >= 0.3 is 17.9 Å². The Morgan fingerprint density at radius 1 is 1.00 bits per heavy atom. The topological polar surface area (TPSA) is 127 Å². The number of ketones is 1. The number of aliphatic hydroxyl groups is 2. The zero-order valence-corrected chi connectivity index (χ0v) is 13.1. The molecule has 2 N–H and O–H groups in total. The zero-order chi connectivity index (χ0) is 18.1. The van der Waals surface area contributed by atoms with E-state index in [0.29, 0.717) is 6.42 Å². The molecular weight excluding hydrogens is 320 g/mol. The van der Waals surface area contributed by atoms with E-state index in [0.717, 1.165) is 0 Å². The van der Waals surface area contributed by atoms with Gasteiger partial charge in [0.25, 0.3) is 0 Å². The molecule has 130 valence electrons. The highest BCUT2D eigenvalue weighted by atomic mass is 16.6. The van der Waals surface area contributed by atoms with Crippen LogP contribution in [0.1, 0.15) is 40.5 Å². The van der Waals surface area contributed by atoms with Crippen molar-refractivity contribution in [2.45, 2.75) is 25.9 Å². The maximum absolute atomic E-state index is 12.4. The molecule has 8 heteroatoms. The molecule has 1 unspecified atom stereocenters. The van der Waals surface area contributed by atoms with E-state index in [-0.39, 0.29) is 17.5 Å². The number of aliphatic hydroxyl groups excluding tert-OH is 2. The summed E-state index contributed by atoms with van der Waals surface area (Å²) in [5.41, 5.74) is -0.126. The van der Waals surface area contributed by atoms with E-state index in [4.69, 9.17) is 14.9 Å². The van der Waals surface area contributed by atoms with Crippen LogP contribution in [-0.2, 0) is 19.1 Å². The van der Waals surface area contributed by atoms with E-state index in [1.165, 1.54) is 24.3 Å². The molecule has 0 saturated heterocycles. The van der Waals surface area contributed by atoms with E-state index in [2.05, 4.69) is 4.74 Å². The third-order valence-corrected chi connectivity index (χ3v) is 3.08. The summed E-state index contributed by atoms with van der Waals surface area (Å²) in [7, 11) is 0. The lowest BCUT2D eigenvalue weighted by Crippen LogP contribution is -2.24. The molecule has 1 aromatic carbocycles. The van der Waals surface area contributed by atoms with Crippen molar-refractivity contribution in [3.63, 3.8) is 0 Å². The highest BCUT2D eigenvalue weighted by Crippen LogP contribution is 2.16.